The van der Waals surface area contributed by atoms with Gasteiger partial charge in [0.25, 0.3) is 5.91 Å². The first-order chi connectivity index (χ1) is 15.8. The third-order valence-corrected chi connectivity index (χ3v) is 8.07. The van der Waals surface area contributed by atoms with Gasteiger partial charge >= 0.3 is 6.03 Å². The molecule has 1 fully saturated rings. The highest BCUT2D eigenvalue weighted by Crippen LogP contribution is 2.42. The van der Waals surface area contributed by atoms with Crippen LogP contribution < -0.4 is 5.32 Å². The zero-order chi connectivity index (χ0) is 23.3. The quantitative estimate of drug-likeness (QED) is 0.441. The average molecular weight is 462 g/mol. The Labute approximate surface area is 197 Å². The molecule has 1 N–H and O–H groups in total. The van der Waals surface area contributed by atoms with Crippen LogP contribution in [0.15, 0.2) is 47.8 Å². The number of hydrogen-bond acceptors (Lipinski definition) is 4. The van der Waals surface area contributed by atoms with Crippen LogP contribution in [-0.4, -0.2) is 33.7 Å². The second-order valence-corrected chi connectivity index (χ2v) is 10.0. The van der Waals surface area contributed by atoms with Crippen LogP contribution in [-0.2, 0) is 16.8 Å². The van der Waals surface area contributed by atoms with Gasteiger partial charge in [0.15, 0.2) is 5.78 Å². The number of urea groups is 1. The molecule has 0 radical (unpaired) electrons. The maximum atomic E-state index is 13.5. The predicted molar refractivity (Wildman–Crippen MR) is 128 cm³/mol. The third-order valence-electron chi connectivity index (χ3n) is 7.09. The maximum Gasteiger partial charge on any atom is 0.325 e. The van der Waals surface area contributed by atoms with Crippen molar-refractivity contribution < 1.29 is 14.4 Å². The second kappa shape index (κ2) is 7.99. The van der Waals surface area contributed by atoms with Crippen molar-refractivity contribution in [1.82, 2.24) is 14.8 Å². The van der Waals surface area contributed by atoms with Crippen LogP contribution in [0, 0.1) is 13.8 Å². The van der Waals surface area contributed by atoms with Crippen LogP contribution >= 0.6 is 11.3 Å². The number of rotatable bonds is 5. The van der Waals surface area contributed by atoms with Gasteiger partial charge in [-0.05, 0) is 63.1 Å². The molecular formula is C26H27N3O3S. The van der Waals surface area contributed by atoms with E-state index >= 15 is 0 Å². The van der Waals surface area contributed by atoms with E-state index in [1.807, 2.05) is 49.6 Å². The first-order valence-corrected chi connectivity index (χ1v) is 12.2. The number of imide groups is 1. The van der Waals surface area contributed by atoms with E-state index in [1.54, 1.807) is 11.3 Å². The first-order valence-electron chi connectivity index (χ1n) is 11.3. The van der Waals surface area contributed by atoms with E-state index in [2.05, 4.69) is 28.9 Å². The van der Waals surface area contributed by atoms with Crippen LogP contribution in [0.2, 0.25) is 0 Å². The van der Waals surface area contributed by atoms with Gasteiger partial charge in [-0.15, -0.1) is 11.3 Å². The zero-order valence-corrected chi connectivity index (χ0v) is 19.9. The molecule has 170 valence electrons. The highest BCUT2D eigenvalue weighted by molar-refractivity contribution is 7.10. The number of benzene rings is 1. The Bertz CT molecular complexity index is 1260. The molecule has 1 aromatic carbocycles. The summed E-state index contributed by atoms with van der Waals surface area (Å²) >= 11 is 1.62. The smallest absolute Gasteiger partial charge is 0.325 e. The summed E-state index contributed by atoms with van der Waals surface area (Å²) in [6, 6.07) is 13.5. The van der Waals surface area contributed by atoms with Crippen molar-refractivity contribution in [2.24, 2.45) is 0 Å². The monoisotopic (exact) mass is 461 g/mol. The molecule has 1 aliphatic carbocycles. The number of Topliss-reactive ketones (excluding diaryl/α,β-unsaturated/α-hetero) is 1. The number of nitrogens with zero attached hydrogens (tertiary/aromatic N) is 2. The van der Waals surface area contributed by atoms with Crippen molar-refractivity contribution in [3.63, 3.8) is 0 Å². The molecule has 1 saturated heterocycles. The number of thiophene rings is 1. The summed E-state index contributed by atoms with van der Waals surface area (Å²) in [5.41, 5.74) is 3.38. The molecule has 2 aromatic heterocycles. The number of aryl methyl sites for hydroxylation is 2. The molecule has 3 aromatic rings. The fourth-order valence-electron chi connectivity index (χ4n) is 5.45. The summed E-state index contributed by atoms with van der Waals surface area (Å²) in [6.45, 7) is 5.75. The standard InChI is InChI=1S/C26H27N3O3S/c1-16-14-20(18(3)29(16)17(2)19-8-5-4-6-9-19)22(30)15-28-24(31)26(27-25(28)32)12-7-10-23-21(26)11-13-33-23/h4-6,8-9,11,13-14,17H,7,10,12,15H2,1-3H3,(H,27,32)/t17-,26-/m1/s1. The maximum absolute atomic E-state index is 13.5. The van der Waals surface area contributed by atoms with Gasteiger partial charge in [-0.25, -0.2) is 4.79 Å². The number of amides is 3. The van der Waals surface area contributed by atoms with E-state index in [0.29, 0.717) is 12.0 Å². The normalized spacial score (nSPS) is 20.8. The lowest BCUT2D eigenvalue weighted by molar-refractivity contribution is -0.131. The number of carbonyl (C=O) groups is 3. The number of aromatic nitrogens is 1. The molecule has 6 nitrogen and oxygen atoms in total. The minimum atomic E-state index is -1.02. The zero-order valence-electron chi connectivity index (χ0n) is 19.1. The molecule has 7 heteroatoms. The Morgan fingerprint density at radius 2 is 1.94 bits per heavy atom. The molecule has 3 heterocycles. The Morgan fingerprint density at radius 3 is 2.70 bits per heavy atom. The molecule has 1 spiro atoms. The van der Waals surface area contributed by atoms with E-state index in [0.717, 1.165) is 45.1 Å². The lowest BCUT2D eigenvalue weighted by Crippen LogP contribution is -2.46. The molecule has 1 aliphatic heterocycles. The topological polar surface area (TPSA) is 71.4 Å². The van der Waals surface area contributed by atoms with Crippen LogP contribution in [0.4, 0.5) is 4.79 Å². The number of carbonyl (C=O) groups excluding carboxylic acids is 3. The van der Waals surface area contributed by atoms with E-state index in [1.165, 1.54) is 0 Å². The van der Waals surface area contributed by atoms with Crippen LogP contribution in [0.25, 0.3) is 0 Å². The molecule has 33 heavy (non-hydrogen) atoms. The SMILES string of the molecule is Cc1cc(C(=O)CN2C(=O)N[C@@]3(CCCc4sccc43)C2=O)c(C)n1[C@H](C)c1ccccc1. The summed E-state index contributed by atoms with van der Waals surface area (Å²) in [4.78, 5) is 41.9. The summed E-state index contributed by atoms with van der Waals surface area (Å²) in [7, 11) is 0. The average Bonchev–Trinajstić information content (AvgIpc) is 3.47. The van der Waals surface area contributed by atoms with Crippen molar-refractivity contribution in [3.8, 4) is 0 Å². The molecule has 3 amide bonds. The summed E-state index contributed by atoms with van der Waals surface area (Å²) in [5, 5.41) is 4.89. The minimum absolute atomic E-state index is 0.0620. The fourth-order valence-corrected chi connectivity index (χ4v) is 6.45. The molecule has 2 aliphatic rings. The Kier molecular flexibility index (Phi) is 5.24. The van der Waals surface area contributed by atoms with Crippen LogP contribution in [0.5, 0.6) is 0 Å². The summed E-state index contributed by atoms with van der Waals surface area (Å²) < 4.78 is 2.13. The van der Waals surface area contributed by atoms with Gasteiger partial charge in [0.1, 0.15) is 5.54 Å². The molecule has 0 saturated carbocycles. The van der Waals surface area contributed by atoms with Gasteiger partial charge in [-0.1, -0.05) is 30.3 Å². The van der Waals surface area contributed by atoms with Crippen molar-refractivity contribution >= 4 is 29.1 Å². The van der Waals surface area contributed by atoms with E-state index in [9.17, 15) is 14.4 Å². The van der Waals surface area contributed by atoms with Crippen LogP contribution in [0.1, 0.15) is 63.6 Å². The molecule has 0 unspecified atom stereocenters. The number of ketones is 1. The lowest BCUT2D eigenvalue weighted by atomic mass is 9.80. The van der Waals surface area contributed by atoms with Gasteiger partial charge in [-0.3, -0.25) is 14.5 Å². The van der Waals surface area contributed by atoms with Crippen molar-refractivity contribution in [2.45, 2.75) is 51.6 Å². The summed E-state index contributed by atoms with van der Waals surface area (Å²) in [6.07, 6.45) is 2.32. The highest BCUT2D eigenvalue weighted by Gasteiger charge is 2.54. The van der Waals surface area contributed by atoms with Gasteiger partial charge < -0.3 is 9.88 Å². The van der Waals surface area contributed by atoms with Gasteiger partial charge in [0.05, 0.1) is 12.6 Å². The molecule has 0 bridgehead atoms. The first kappa shape index (κ1) is 21.6. The van der Waals surface area contributed by atoms with Gasteiger partial charge in [0, 0.05) is 27.4 Å². The highest BCUT2D eigenvalue weighted by atomic mass is 32.1. The van der Waals surface area contributed by atoms with Crippen LogP contribution in [0.3, 0.4) is 0 Å². The third kappa shape index (κ3) is 3.33. The second-order valence-electron chi connectivity index (χ2n) is 9.00. The van der Waals surface area contributed by atoms with Crippen molar-refractivity contribution in [3.05, 3.63) is 80.8 Å². The van der Waals surface area contributed by atoms with Gasteiger partial charge in [0.2, 0.25) is 0 Å². The number of nitrogens with one attached hydrogen (secondary N) is 1. The Hall–Kier alpha value is -3.19. The largest absolute Gasteiger partial charge is 0.341 e. The summed E-state index contributed by atoms with van der Waals surface area (Å²) in [5.74, 6) is -0.539. The predicted octanol–water partition coefficient (Wildman–Crippen LogP) is 4.74. The van der Waals surface area contributed by atoms with E-state index in [4.69, 9.17) is 0 Å². The minimum Gasteiger partial charge on any atom is -0.341 e. The van der Waals surface area contributed by atoms with Gasteiger partial charge in [-0.2, -0.15) is 0 Å². The number of hydrogen-bond donors (Lipinski definition) is 1. The molecule has 5 rings (SSSR count). The molecule has 2 atom stereocenters. The molecular weight excluding hydrogens is 434 g/mol. The Morgan fingerprint density at radius 1 is 1.18 bits per heavy atom. The lowest BCUT2D eigenvalue weighted by Gasteiger charge is -2.31. The van der Waals surface area contributed by atoms with E-state index < -0.39 is 11.6 Å². The van der Waals surface area contributed by atoms with Crippen molar-refractivity contribution in [2.75, 3.05) is 6.54 Å². The number of fused-ring (bicyclic) bond motifs is 2. The fraction of sp³-hybridized carbons (Fsp3) is 0.346. The Balaban J connectivity index is 1.41. The van der Waals surface area contributed by atoms with E-state index in [-0.39, 0.29) is 24.3 Å². The van der Waals surface area contributed by atoms with Crippen molar-refractivity contribution in [1.29, 1.82) is 0 Å².